The van der Waals surface area contributed by atoms with Crippen molar-refractivity contribution < 1.29 is 0 Å². The summed E-state index contributed by atoms with van der Waals surface area (Å²) in [5.41, 5.74) is 1.58. The Morgan fingerprint density at radius 3 is 2.91 bits per heavy atom. The van der Waals surface area contributed by atoms with E-state index in [9.17, 15) is 4.79 Å². The van der Waals surface area contributed by atoms with E-state index in [-0.39, 0.29) is 10.1 Å². The van der Waals surface area contributed by atoms with Crippen molar-refractivity contribution >= 4 is 50.9 Å². The molecule has 0 aromatic carbocycles. The van der Waals surface area contributed by atoms with E-state index in [0.717, 1.165) is 21.6 Å². The third-order valence-corrected chi connectivity index (χ3v) is 5.12. The van der Waals surface area contributed by atoms with Gasteiger partial charge in [0.25, 0.3) is 0 Å². The van der Waals surface area contributed by atoms with Crippen molar-refractivity contribution in [2.45, 2.75) is 17.3 Å². The number of fused-ring (bicyclic) bond motifs is 1. The molecule has 2 N–H and O–H groups in total. The molecule has 0 fully saturated rings. The Hall–Kier alpha value is -1.64. The van der Waals surface area contributed by atoms with Crippen LogP contribution in [0.3, 0.4) is 0 Å². The van der Waals surface area contributed by atoms with E-state index in [2.05, 4.69) is 25.3 Å². The highest BCUT2D eigenvalue weighted by Crippen LogP contribution is 2.34. The second-order valence-electron chi connectivity index (χ2n) is 4.47. The van der Waals surface area contributed by atoms with Crippen LogP contribution in [-0.2, 0) is 0 Å². The number of anilines is 1. The molecule has 1 unspecified atom stereocenters. The molecule has 0 aliphatic rings. The number of thiazole rings is 1. The zero-order valence-corrected chi connectivity index (χ0v) is 14.1. The normalized spacial score (nSPS) is 12.5. The first-order valence-electron chi connectivity index (χ1n) is 6.43. The van der Waals surface area contributed by atoms with Gasteiger partial charge in [0.1, 0.15) is 15.7 Å². The maximum Gasteiger partial charge on any atom is 0.306 e. The van der Waals surface area contributed by atoms with Crippen molar-refractivity contribution in [1.29, 1.82) is 0 Å². The summed E-state index contributed by atoms with van der Waals surface area (Å²) in [4.78, 5) is 27.0. The Labute approximate surface area is 139 Å². The number of halogens is 1. The molecule has 3 aromatic heterocycles. The lowest BCUT2D eigenvalue weighted by Gasteiger charge is -2.11. The smallest absolute Gasteiger partial charge is 0.306 e. The molecule has 0 saturated carbocycles. The number of pyridine rings is 1. The number of H-pyrrole nitrogens is 1. The van der Waals surface area contributed by atoms with Gasteiger partial charge in [0.2, 0.25) is 0 Å². The van der Waals surface area contributed by atoms with Gasteiger partial charge in [-0.2, -0.15) is 0 Å². The predicted octanol–water partition coefficient (Wildman–Crippen LogP) is 3.32. The third kappa shape index (κ3) is 3.08. The summed E-state index contributed by atoms with van der Waals surface area (Å²) >= 11 is 8.39. The molecule has 3 aromatic rings. The van der Waals surface area contributed by atoms with E-state index in [4.69, 9.17) is 11.6 Å². The Morgan fingerprint density at radius 1 is 1.41 bits per heavy atom. The molecule has 3 heterocycles. The molecule has 22 heavy (non-hydrogen) atoms. The second kappa shape index (κ2) is 6.23. The molecular weight excluding hydrogens is 342 g/mol. The minimum Gasteiger partial charge on any atom is -0.372 e. The Balaban J connectivity index is 1.92. The molecule has 3 rings (SSSR count). The SMILES string of the molecule is CNc1nc(SC(C)c2ccc(Cl)nc2)nc2[nH]c(=O)sc12. The standard InChI is InChI=1S/C13H12ClN5OS2/c1-6(7-3-4-8(14)16-5-7)21-12-17-10(15-2)9-11(18-12)19-13(20)22-9/h3-6H,1-2H3,(H2,15,17,18,19,20). The van der Waals surface area contributed by atoms with Crippen molar-refractivity contribution in [3.63, 3.8) is 0 Å². The maximum atomic E-state index is 11.5. The minimum absolute atomic E-state index is 0.109. The van der Waals surface area contributed by atoms with Crippen LogP contribution < -0.4 is 10.2 Å². The molecule has 0 bridgehead atoms. The van der Waals surface area contributed by atoms with Crippen LogP contribution in [0.2, 0.25) is 5.15 Å². The van der Waals surface area contributed by atoms with Gasteiger partial charge < -0.3 is 5.32 Å². The predicted molar refractivity (Wildman–Crippen MR) is 91.1 cm³/mol. The van der Waals surface area contributed by atoms with Crippen molar-refractivity contribution in [2.24, 2.45) is 0 Å². The fraction of sp³-hybridized carbons (Fsp3) is 0.231. The lowest BCUT2D eigenvalue weighted by molar-refractivity contribution is 0.972. The summed E-state index contributed by atoms with van der Waals surface area (Å²) in [6.07, 6.45) is 1.74. The average Bonchev–Trinajstić information content (AvgIpc) is 2.87. The van der Waals surface area contributed by atoms with E-state index >= 15 is 0 Å². The van der Waals surface area contributed by atoms with Crippen LogP contribution >= 0.6 is 34.7 Å². The number of hydrogen-bond acceptors (Lipinski definition) is 7. The van der Waals surface area contributed by atoms with Gasteiger partial charge in [-0.05, 0) is 18.6 Å². The summed E-state index contributed by atoms with van der Waals surface area (Å²) in [7, 11) is 1.77. The molecule has 0 spiro atoms. The zero-order chi connectivity index (χ0) is 15.7. The fourth-order valence-electron chi connectivity index (χ4n) is 1.90. The van der Waals surface area contributed by atoms with Crippen LogP contribution in [-0.4, -0.2) is 27.0 Å². The summed E-state index contributed by atoms with van der Waals surface area (Å²) in [6, 6.07) is 3.68. The molecule has 0 aliphatic carbocycles. The van der Waals surface area contributed by atoms with E-state index < -0.39 is 0 Å². The van der Waals surface area contributed by atoms with Crippen molar-refractivity contribution in [1.82, 2.24) is 19.9 Å². The Morgan fingerprint density at radius 2 is 2.23 bits per heavy atom. The summed E-state index contributed by atoms with van der Waals surface area (Å²) in [6.45, 7) is 2.04. The molecule has 6 nitrogen and oxygen atoms in total. The van der Waals surface area contributed by atoms with Crippen molar-refractivity contribution in [3.05, 3.63) is 38.7 Å². The third-order valence-electron chi connectivity index (χ3n) is 3.00. The number of hydrogen-bond donors (Lipinski definition) is 2. The second-order valence-corrected chi connectivity index (χ2v) is 7.15. The Bertz CT molecular complexity index is 861. The number of rotatable bonds is 4. The van der Waals surface area contributed by atoms with Gasteiger partial charge in [0.05, 0.1) is 0 Å². The monoisotopic (exact) mass is 353 g/mol. The first-order chi connectivity index (χ1) is 10.6. The number of aromatic amines is 1. The lowest BCUT2D eigenvalue weighted by Crippen LogP contribution is -1.99. The average molecular weight is 354 g/mol. The number of nitrogens with one attached hydrogen (secondary N) is 2. The fourth-order valence-corrected chi connectivity index (χ4v) is 3.66. The summed E-state index contributed by atoms with van der Waals surface area (Å²) in [5, 5.41) is 4.17. The number of thioether (sulfide) groups is 1. The van der Waals surface area contributed by atoms with Crippen LogP contribution in [0, 0.1) is 0 Å². The molecular formula is C13H12ClN5OS2. The first-order valence-corrected chi connectivity index (χ1v) is 8.51. The van der Waals surface area contributed by atoms with Gasteiger partial charge in [-0.3, -0.25) is 9.78 Å². The molecule has 0 amide bonds. The number of aromatic nitrogens is 4. The molecule has 0 radical (unpaired) electrons. The maximum absolute atomic E-state index is 11.5. The molecule has 114 valence electrons. The molecule has 1 atom stereocenters. The van der Waals surface area contributed by atoms with E-state index in [0.29, 0.717) is 21.8 Å². The molecule has 9 heteroatoms. The van der Waals surface area contributed by atoms with Gasteiger partial charge >= 0.3 is 4.87 Å². The minimum atomic E-state index is -0.141. The van der Waals surface area contributed by atoms with Crippen LogP contribution in [0.15, 0.2) is 28.3 Å². The van der Waals surface area contributed by atoms with Gasteiger partial charge in [-0.25, -0.2) is 15.0 Å². The van der Waals surface area contributed by atoms with Gasteiger partial charge in [-0.15, -0.1) is 0 Å². The van der Waals surface area contributed by atoms with Crippen LogP contribution in [0.5, 0.6) is 0 Å². The highest BCUT2D eigenvalue weighted by Gasteiger charge is 2.14. The highest BCUT2D eigenvalue weighted by atomic mass is 35.5. The largest absolute Gasteiger partial charge is 0.372 e. The number of nitrogens with zero attached hydrogens (tertiary/aromatic N) is 3. The zero-order valence-electron chi connectivity index (χ0n) is 11.8. The van der Waals surface area contributed by atoms with Crippen LogP contribution in [0.1, 0.15) is 17.7 Å². The van der Waals surface area contributed by atoms with Crippen LogP contribution in [0.25, 0.3) is 10.3 Å². The first kappa shape index (κ1) is 15.3. The van der Waals surface area contributed by atoms with E-state index in [1.807, 2.05) is 13.0 Å². The van der Waals surface area contributed by atoms with Crippen molar-refractivity contribution in [3.8, 4) is 0 Å². The van der Waals surface area contributed by atoms with Crippen molar-refractivity contribution in [2.75, 3.05) is 12.4 Å². The molecule has 0 aliphatic heterocycles. The topological polar surface area (TPSA) is 83.6 Å². The van der Waals surface area contributed by atoms with Gasteiger partial charge in [0, 0.05) is 18.5 Å². The van der Waals surface area contributed by atoms with E-state index in [1.54, 1.807) is 19.3 Å². The van der Waals surface area contributed by atoms with E-state index in [1.165, 1.54) is 11.8 Å². The van der Waals surface area contributed by atoms with Crippen LogP contribution in [0.4, 0.5) is 5.82 Å². The molecule has 0 saturated heterocycles. The summed E-state index contributed by atoms with van der Waals surface area (Å²) < 4.78 is 0.734. The summed E-state index contributed by atoms with van der Waals surface area (Å²) in [5.74, 6) is 0.650. The van der Waals surface area contributed by atoms with Gasteiger partial charge in [0.15, 0.2) is 10.8 Å². The quantitative estimate of drug-likeness (QED) is 0.425. The lowest BCUT2D eigenvalue weighted by atomic mass is 10.2. The highest BCUT2D eigenvalue weighted by molar-refractivity contribution is 7.99. The Kier molecular flexibility index (Phi) is 4.32. The van der Waals surface area contributed by atoms with Gasteiger partial charge in [-0.1, -0.05) is 40.8 Å².